The van der Waals surface area contributed by atoms with Crippen molar-refractivity contribution >= 4 is 17.3 Å². The van der Waals surface area contributed by atoms with Crippen LogP contribution in [0.3, 0.4) is 0 Å². The van der Waals surface area contributed by atoms with Crippen molar-refractivity contribution < 1.29 is 0 Å². The molecular weight excluding hydrogens is 208 g/mol. The highest BCUT2D eigenvalue weighted by atomic mass is 35.5. The number of nitrogens with zero attached hydrogens (tertiary/aromatic N) is 2. The Hall–Kier alpha value is -0.760. The van der Waals surface area contributed by atoms with Crippen molar-refractivity contribution in [2.24, 2.45) is 5.92 Å². The number of aromatic nitrogens is 1. The molecule has 0 aliphatic carbocycles. The molecule has 1 fully saturated rings. The molecule has 1 aliphatic heterocycles. The standard InChI is InChI=1S/C12H17ClN2/c1-10-3-2-6-15(9-10)12-4-5-14-8-11(12)7-13/h4-5,8,10H,2-3,6-7,9H2,1H3. The van der Waals surface area contributed by atoms with Gasteiger partial charge in [0.1, 0.15) is 0 Å². The molecule has 2 nitrogen and oxygen atoms in total. The van der Waals surface area contributed by atoms with Crippen molar-refractivity contribution in [3.05, 3.63) is 24.0 Å². The van der Waals surface area contributed by atoms with Crippen LogP contribution >= 0.6 is 11.6 Å². The number of anilines is 1. The molecule has 0 N–H and O–H groups in total. The summed E-state index contributed by atoms with van der Waals surface area (Å²) in [5, 5.41) is 0. The highest BCUT2D eigenvalue weighted by Crippen LogP contribution is 2.26. The van der Waals surface area contributed by atoms with E-state index in [-0.39, 0.29) is 0 Å². The van der Waals surface area contributed by atoms with Crippen molar-refractivity contribution in [1.29, 1.82) is 0 Å². The van der Waals surface area contributed by atoms with Crippen LogP contribution in [0.4, 0.5) is 5.69 Å². The number of hydrogen-bond acceptors (Lipinski definition) is 2. The first-order valence-electron chi connectivity index (χ1n) is 5.55. The molecule has 0 amide bonds. The van der Waals surface area contributed by atoms with E-state index in [1.165, 1.54) is 18.5 Å². The number of hydrogen-bond donors (Lipinski definition) is 0. The third-order valence-electron chi connectivity index (χ3n) is 3.02. The zero-order valence-corrected chi connectivity index (χ0v) is 9.87. The van der Waals surface area contributed by atoms with Crippen LogP contribution in [-0.2, 0) is 5.88 Å². The van der Waals surface area contributed by atoms with E-state index in [2.05, 4.69) is 22.9 Å². The second-order valence-corrected chi connectivity index (χ2v) is 4.60. The topological polar surface area (TPSA) is 16.1 Å². The van der Waals surface area contributed by atoms with Crippen molar-refractivity contribution in [2.45, 2.75) is 25.6 Å². The van der Waals surface area contributed by atoms with E-state index >= 15 is 0 Å². The Bertz CT molecular complexity index is 327. The third-order valence-corrected chi connectivity index (χ3v) is 3.31. The number of halogens is 1. The highest BCUT2D eigenvalue weighted by molar-refractivity contribution is 6.17. The molecule has 1 saturated heterocycles. The van der Waals surface area contributed by atoms with Gasteiger partial charge in [-0.25, -0.2) is 0 Å². The van der Waals surface area contributed by atoms with Crippen molar-refractivity contribution in [3.63, 3.8) is 0 Å². The van der Waals surface area contributed by atoms with Gasteiger partial charge in [-0.05, 0) is 24.8 Å². The molecule has 1 aromatic rings. The summed E-state index contributed by atoms with van der Waals surface area (Å²) < 4.78 is 0. The normalized spacial score (nSPS) is 21.7. The van der Waals surface area contributed by atoms with Gasteiger partial charge in [0.05, 0.1) is 5.88 Å². The van der Waals surface area contributed by atoms with Gasteiger partial charge < -0.3 is 4.90 Å². The van der Waals surface area contributed by atoms with Crippen molar-refractivity contribution in [3.8, 4) is 0 Å². The van der Waals surface area contributed by atoms with Gasteiger partial charge in [-0.1, -0.05) is 6.92 Å². The van der Waals surface area contributed by atoms with Gasteiger partial charge in [0.25, 0.3) is 0 Å². The summed E-state index contributed by atoms with van der Waals surface area (Å²) in [5.74, 6) is 1.34. The number of alkyl halides is 1. The van der Waals surface area contributed by atoms with Crippen molar-refractivity contribution in [1.82, 2.24) is 4.98 Å². The summed E-state index contributed by atoms with van der Waals surface area (Å²) in [6, 6.07) is 2.08. The molecular formula is C12H17ClN2. The summed E-state index contributed by atoms with van der Waals surface area (Å²) in [6.45, 7) is 4.61. The molecule has 1 unspecified atom stereocenters. The average Bonchev–Trinajstić information content (AvgIpc) is 2.29. The molecule has 0 aromatic carbocycles. The minimum absolute atomic E-state index is 0.550. The fraction of sp³-hybridized carbons (Fsp3) is 0.583. The van der Waals surface area contributed by atoms with Gasteiger partial charge in [0.2, 0.25) is 0 Å². The summed E-state index contributed by atoms with van der Waals surface area (Å²) >= 11 is 5.92. The minimum Gasteiger partial charge on any atom is -0.371 e. The molecule has 2 heterocycles. The van der Waals surface area contributed by atoms with Crippen LogP contribution in [0.25, 0.3) is 0 Å². The first kappa shape index (κ1) is 10.7. The average molecular weight is 225 g/mol. The second-order valence-electron chi connectivity index (χ2n) is 4.33. The molecule has 0 saturated carbocycles. The Balaban J connectivity index is 2.20. The van der Waals surface area contributed by atoms with E-state index in [1.54, 1.807) is 0 Å². The van der Waals surface area contributed by atoms with Crippen LogP contribution in [0, 0.1) is 5.92 Å². The van der Waals surface area contributed by atoms with Crippen molar-refractivity contribution in [2.75, 3.05) is 18.0 Å². The highest BCUT2D eigenvalue weighted by Gasteiger charge is 2.18. The minimum atomic E-state index is 0.550. The zero-order chi connectivity index (χ0) is 10.7. The maximum absolute atomic E-state index is 5.92. The Labute approximate surface area is 96.3 Å². The van der Waals surface area contributed by atoms with Gasteiger partial charge >= 0.3 is 0 Å². The van der Waals surface area contributed by atoms with E-state index < -0.39 is 0 Å². The van der Waals surface area contributed by atoms with E-state index in [4.69, 9.17) is 11.6 Å². The van der Waals surface area contributed by atoms with E-state index in [9.17, 15) is 0 Å². The van der Waals surface area contributed by atoms with Gasteiger partial charge in [-0.3, -0.25) is 4.98 Å². The largest absolute Gasteiger partial charge is 0.371 e. The lowest BCUT2D eigenvalue weighted by molar-refractivity contribution is 0.446. The summed E-state index contributed by atoms with van der Waals surface area (Å²) in [4.78, 5) is 6.56. The first-order chi connectivity index (χ1) is 7.31. The smallest absolute Gasteiger partial charge is 0.0509 e. The number of piperidine rings is 1. The molecule has 0 bridgehead atoms. The van der Waals surface area contributed by atoms with E-state index in [0.717, 1.165) is 24.6 Å². The molecule has 1 aliphatic rings. The Morgan fingerprint density at radius 2 is 2.47 bits per heavy atom. The lowest BCUT2D eigenvalue weighted by Crippen LogP contribution is -2.34. The Kier molecular flexibility index (Phi) is 3.47. The molecule has 1 aromatic heterocycles. The van der Waals surface area contributed by atoms with Gasteiger partial charge in [0.15, 0.2) is 0 Å². The summed E-state index contributed by atoms with van der Waals surface area (Å²) in [5.41, 5.74) is 2.42. The molecule has 1 atom stereocenters. The Morgan fingerprint density at radius 1 is 1.60 bits per heavy atom. The lowest BCUT2D eigenvalue weighted by atomic mass is 9.99. The maximum Gasteiger partial charge on any atom is 0.0509 e. The van der Waals surface area contributed by atoms with Crippen LogP contribution in [0.5, 0.6) is 0 Å². The molecule has 0 spiro atoms. The van der Waals surface area contributed by atoms with Crippen LogP contribution in [0.2, 0.25) is 0 Å². The quantitative estimate of drug-likeness (QED) is 0.718. The predicted molar refractivity (Wildman–Crippen MR) is 64.4 cm³/mol. The number of rotatable bonds is 2. The van der Waals surface area contributed by atoms with Crippen LogP contribution in [0.15, 0.2) is 18.5 Å². The molecule has 82 valence electrons. The van der Waals surface area contributed by atoms with Gasteiger partial charge in [0, 0.05) is 36.7 Å². The molecule has 3 heteroatoms. The molecule has 0 radical (unpaired) electrons. The van der Waals surface area contributed by atoms with E-state index in [0.29, 0.717) is 5.88 Å². The fourth-order valence-corrected chi connectivity index (χ4v) is 2.45. The van der Waals surface area contributed by atoms with Gasteiger partial charge in [-0.2, -0.15) is 0 Å². The zero-order valence-electron chi connectivity index (χ0n) is 9.12. The first-order valence-corrected chi connectivity index (χ1v) is 6.08. The monoisotopic (exact) mass is 224 g/mol. The van der Waals surface area contributed by atoms with Crippen LogP contribution < -0.4 is 4.90 Å². The lowest BCUT2D eigenvalue weighted by Gasteiger charge is -2.33. The maximum atomic E-state index is 5.92. The van der Waals surface area contributed by atoms with E-state index in [1.807, 2.05) is 12.4 Å². The Morgan fingerprint density at radius 3 is 3.20 bits per heavy atom. The van der Waals surface area contributed by atoms with Crippen LogP contribution in [-0.4, -0.2) is 18.1 Å². The number of pyridine rings is 1. The summed E-state index contributed by atoms with van der Waals surface area (Å²) in [6.07, 6.45) is 6.36. The fourth-order valence-electron chi connectivity index (χ4n) is 2.24. The molecule has 2 rings (SSSR count). The summed E-state index contributed by atoms with van der Waals surface area (Å²) in [7, 11) is 0. The molecule has 15 heavy (non-hydrogen) atoms. The van der Waals surface area contributed by atoms with Gasteiger partial charge in [-0.15, -0.1) is 11.6 Å². The van der Waals surface area contributed by atoms with Crippen LogP contribution in [0.1, 0.15) is 25.3 Å². The second kappa shape index (κ2) is 4.84. The SMILES string of the molecule is CC1CCCN(c2ccncc2CCl)C1. The predicted octanol–water partition coefficient (Wildman–Crippen LogP) is 3.06. The third kappa shape index (κ3) is 2.43.